The molecular formula is C22H21NS. The zero-order valence-electron chi connectivity index (χ0n) is 14.3. The molecule has 3 aromatic carbocycles. The molecule has 0 amide bonds. The molecule has 120 valence electrons. The number of thiophene rings is 1. The van der Waals surface area contributed by atoms with Gasteiger partial charge in [0.25, 0.3) is 0 Å². The highest BCUT2D eigenvalue weighted by Crippen LogP contribution is 2.40. The number of rotatable bonds is 3. The zero-order valence-corrected chi connectivity index (χ0v) is 15.1. The minimum absolute atomic E-state index is 0.498. The minimum atomic E-state index is 0.498. The Morgan fingerprint density at radius 2 is 1.42 bits per heavy atom. The third-order valence-electron chi connectivity index (χ3n) is 4.57. The van der Waals surface area contributed by atoms with Crippen LogP contribution >= 0.6 is 11.3 Å². The Morgan fingerprint density at radius 1 is 0.750 bits per heavy atom. The molecule has 0 aliphatic rings. The van der Waals surface area contributed by atoms with Crippen LogP contribution in [0.2, 0.25) is 0 Å². The van der Waals surface area contributed by atoms with E-state index in [9.17, 15) is 0 Å². The van der Waals surface area contributed by atoms with Gasteiger partial charge < -0.3 is 5.32 Å². The Labute approximate surface area is 147 Å². The molecule has 4 rings (SSSR count). The van der Waals surface area contributed by atoms with Crippen molar-refractivity contribution in [2.24, 2.45) is 0 Å². The fraction of sp³-hybridized carbons (Fsp3) is 0.182. The van der Waals surface area contributed by atoms with Crippen LogP contribution in [-0.2, 0) is 0 Å². The molecular weight excluding hydrogens is 310 g/mol. The van der Waals surface area contributed by atoms with Crippen molar-refractivity contribution in [2.75, 3.05) is 5.32 Å². The molecule has 0 aliphatic heterocycles. The normalized spacial score (nSPS) is 11.5. The largest absolute Gasteiger partial charge is 0.354 e. The lowest BCUT2D eigenvalue weighted by Crippen LogP contribution is -1.97. The molecule has 1 heterocycles. The lowest BCUT2D eigenvalue weighted by atomic mass is 10.0. The van der Waals surface area contributed by atoms with Crippen LogP contribution < -0.4 is 5.32 Å². The zero-order chi connectivity index (χ0) is 16.7. The average molecular weight is 331 g/mol. The van der Waals surface area contributed by atoms with Crippen LogP contribution in [0.3, 0.4) is 0 Å². The summed E-state index contributed by atoms with van der Waals surface area (Å²) in [5.41, 5.74) is 5.10. The smallest absolute Gasteiger partial charge is 0.0590 e. The van der Waals surface area contributed by atoms with Gasteiger partial charge in [0.2, 0.25) is 0 Å². The molecule has 0 saturated carbocycles. The van der Waals surface area contributed by atoms with E-state index in [2.05, 4.69) is 86.8 Å². The predicted molar refractivity (Wildman–Crippen MR) is 108 cm³/mol. The first-order valence-corrected chi connectivity index (χ1v) is 9.23. The Hall–Kier alpha value is -2.32. The molecule has 2 heteroatoms. The van der Waals surface area contributed by atoms with Crippen LogP contribution in [0.25, 0.3) is 20.2 Å². The van der Waals surface area contributed by atoms with Crippen LogP contribution in [0.15, 0.2) is 60.7 Å². The number of para-hydroxylation sites is 1. The Bertz CT molecular complexity index is 1030. The van der Waals surface area contributed by atoms with E-state index in [0.717, 1.165) is 0 Å². The van der Waals surface area contributed by atoms with Gasteiger partial charge in [-0.05, 0) is 36.1 Å². The second kappa shape index (κ2) is 5.95. The van der Waals surface area contributed by atoms with Crippen LogP contribution in [0.1, 0.15) is 30.9 Å². The summed E-state index contributed by atoms with van der Waals surface area (Å²) in [4.78, 5) is 0. The number of hydrogen-bond donors (Lipinski definition) is 1. The van der Waals surface area contributed by atoms with Crippen molar-refractivity contribution in [3.63, 3.8) is 0 Å². The molecule has 0 aliphatic carbocycles. The van der Waals surface area contributed by atoms with Gasteiger partial charge in [-0.1, -0.05) is 62.4 Å². The third-order valence-corrected chi connectivity index (χ3v) is 5.96. The fourth-order valence-electron chi connectivity index (χ4n) is 3.32. The maximum absolute atomic E-state index is 3.69. The van der Waals surface area contributed by atoms with Crippen LogP contribution in [0.5, 0.6) is 0 Å². The molecule has 0 unspecified atom stereocenters. The summed E-state index contributed by atoms with van der Waals surface area (Å²) < 4.78 is 2.72. The summed E-state index contributed by atoms with van der Waals surface area (Å²) in [6.45, 7) is 6.67. The van der Waals surface area contributed by atoms with Gasteiger partial charge in [0, 0.05) is 21.2 Å². The summed E-state index contributed by atoms with van der Waals surface area (Å²) in [5, 5.41) is 6.38. The second-order valence-corrected chi connectivity index (χ2v) is 7.62. The minimum Gasteiger partial charge on any atom is -0.354 e. The Morgan fingerprint density at radius 3 is 2.21 bits per heavy atom. The second-order valence-electron chi connectivity index (χ2n) is 6.60. The van der Waals surface area contributed by atoms with Crippen LogP contribution in [0, 0.1) is 6.92 Å². The first-order chi connectivity index (χ1) is 11.6. The number of aryl methyl sites for hydroxylation is 1. The standard InChI is InChI=1S/C22H21NS/c1-14(2)16-9-4-5-12-19(16)23-20-13-7-11-18-17-10-6-8-15(3)21(17)24-22(18)20/h4-14,23H,1-3H3. The van der Waals surface area contributed by atoms with E-state index in [1.807, 2.05) is 11.3 Å². The number of fused-ring (bicyclic) bond motifs is 3. The van der Waals surface area contributed by atoms with E-state index in [0.29, 0.717) is 5.92 Å². The maximum atomic E-state index is 3.69. The molecule has 0 saturated heterocycles. The van der Waals surface area contributed by atoms with Crippen molar-refractivity contribution in [2.45, 2.75) is 26.7 Å². The molecule has 0 fully saturated rings. The van der Waals surface area contributed by atoms with Gasteiger partial charge in [0.05, 0.1) is 10.4 Å². The molecule has 0 bridgehead atoms. The van der Waals surface area contributed by atoms with Crippen molar-refractivity contribution >= 4 is 42.9 Å². The van der Waals surface area contributed by atoms with E-state index in [1.54, 1.807) is 0 Å². The van der Waals surface area contributed by atoms with Crippen molar-refractivity contribution in [1.82, 2.24) is 0 Å². The molecule has 0 atom stereocenters. The van der Waals surface area contributed by atoms with Gasteiger partial charge in [-0.25, -0.2) is 0 Å². The molecule has 1 N–H and O–H groups in total. The highest BCUT2D eigenvalue weighted by Gasteiger charge is 2.12. The van der Waals surface area contributed by atoms with Crippen molar-refractivity contribution in [3.8, 4) is 0 Å². The number of anilines is 2. The Kier molecular flexibility index (Phi) is 3.78. The van der Waals surface area contributed by atoms with Gasteiger partial charge in [-0.2, -0.15) is 0 Å². The number of nitrogens with one attached hydrogen (secondary N) is 1. The van der Waals surface area contributed by atoms with Crippen LogP contribution in [-0.4, -0.2) is 0 Å². The first-order valence-electron chi connectivity index (χ1n) is 8.42. The van der Waals surface area contributed by atoms with Gasteiger partial charge >= 0.3 is 0 Å². The maximum Gasteiger partial charge on any atom is 0.0590 e. The van der Waals surface area contributed by atoms with Gasteiger partial charge in [0.1, 0.15) is 0 Å². The van der Waals surface area contributed by atoms with E-state index in [-0.39, 0.29) is 0 Å². The Balaban J connectivity index is 1.89. The summed E-state index contributed by atoms with van der Waals surface area (Å²) >= 11 is 1.89. The highest BCUT2D eigenvalue weighted by molar-refractivity contribution is 7.26. The van der Waals surface area contributed by atoms with Crippen LogP contribution in [0.4, 0.5) is 11.4 Å². The highest BCUT2D eigenvalue weighted by atomic mass is 32.1. The first kappa shape index (κ1) is 15.2. The summed E-state index contributed by atoms with van der Waals surface area (Å²) in [6.07, 6.45) is 0. The lowest BCUT2D eigenvalue weighted by Gasteiger charge is -2.15. The number of hydrogen-bond acceptors (Lipinski definition) is 2. The molecule has 0 spiro atoms. The average Bonchev–Trinajstić information content (AvgIpc) is 2.97. The van der Waals surface area contributed by atoms with Crippen molar-refractivity contribution in [1.29, 1.82) is 0 Å². The van der Waals surface area contributed by atoms with Gasteiger partial charge in [0.15, 0.2) is 0 Å². The molecule has 4 aromatic rings. The van der Waals surface area contributed by atoms with E-state index >= 15 is 0 Å². The fourth-order valence-corrected chi connectivity index (χ4v) is 4.56. The third kappa shape index (κ3) is 2.47. The SMILES string of the molecule is Cc1cccc2c1sc1c(Nc3ccccc3C(C)C)cccc12. The lowest BCUT2D eigenvalue weighted by molar-refractivity contribution is 0.869. The van der Waals surface area contributed by atoms with Gasteiger partial charge in [-0.15, -0.1) is 11.3 Å². The van der Waals surface area contributed by atoms with Crippen molar-refractivity contribution < 1.29 is 0 Å². The summed E-state index contributed by atoms with van der Waals surface area (Å²) in [5.74, 6) is 0.498. The monoisotopic (exact) mass is 331 g/mol. The topological polar surface area (TPSA) is 12.0 Å². The molecule has 1 aromatic heterocycles. The van der Waals surface area contributed by atoms with E-state index in [1.165, 1.54) is 42.7 Å². The van der Waals surface area contributed by atoms with Crippen molar-refractivity contribution in [3.05, 3.63) is 71.8 Å². The predicted octanol–water partition coefficient (Wildman–Crippen LogP) is 7.23. The molecule has 1 nitrogen and oxygen atoms in total. The van der Waals surface area contributed by atoms with E-state index < -0.39 is 0 Å². The van der Waals surface area contributed by atoms with E-state index in [4.69, 9.17) is 0 Å². The molecule has 0 radical (unpaired) electrons. The molecule has 24 heavy (non-hydrogen) atoms. The number of benzene rings is 3. The summed E-state index contributed by atoms with van der Waals surface area (Å²) in [7, 11) is 0. The quantitative estimate of drug-likeness (QED) is 0.417. The van der Waals surface area contributed by atoms with Gasteiger partial charge in [-0.3, -0.25) is 0 Å². The summed E-state index contributed by atoms with van der Waals surface area (Å²) in [6, 6.07) is 21.7.